The molecule has 0 saturated carbocycles. The second-order valence-electron chi connectivity index (χ2n) is 4.45. The number of aromatic nitrogens is 2. The van der Waals surface area contributed by atoms with E-state index >= 15 is 0 Å². The molecule has 118 valence electrons. The molecule has 1 aromatic heterocycles. The molecular formula is C13H17N5O4. The van der Waals surface area contributed by atoms with Gasteiger partial charge in [-0.2, -0.15) is 4.98 Å². The van der Waals surface area contributed by atoms with Gasteiger partial charge in [0.05, 0.1) is 29.4 Å². The molecule has 1 heterocycles. The Morgan fingerprint density at radius 1 is 1.36 bits per heavy atom. The van der Waals surface area contributed by atoms with Gasteiger partial charge in [-0.25, -0.2) is 0 Å². The summed E-state index contributed by atoms with van der Waals surface area (Å²) in [6.45, 7) is 2.48. The van der Waals surface area contributed by atoms with E-state index in [9.17, 15) is 10.1 Å². The van der Waals surface area contributed by atoms with E-state index in [4.69, 9.17) is 9.63 Å². The number of hydrogen-bond donors (Lipinski definition) is 3. The number of anilines is 2. The van der Waals surface area contributed by atoms with Crippen LogP contribution in [0.5, 0.6) is 0 Å². The van der Waals surface area contributed by atoms with Crippen LogP contribution in [0.15, 0.2) is 22.7 Å². The maximum atomic E-state index is 10.9. The van der Waals surface area contributed by atoms with Crippen molar-refractivity contribution < 1.29 is 14.6 Å². The first kappa shape index (κ1) is 15.7. The van der Waals surface area contributed by atoms with Gasteiger partial charge in [0.25, 0.3) is 5.69 Å². The van der Waals surface area contributed by atoms with Crippen LogP contribution in [-0.2, 0) is 13.0 Å². The number of hydrogen-bond acceptors (Lipinski definition) is 8. The third-order valence-corrected chi connectivity index (χ3v) is 2.89. The largest absolute Gasteiger partial charge is 0.395 e. The van der Waals surface area contributed by atoms with Gasteiger partial charge in [-0.05, 0) is 6.07 Å². The summed E-state index contributed by atoms with van der Waals surface area (Å²) in [5.41, 5.74) is 1.16. The molecule has 0 fully saturated rings. The SMILES string of the molecule is CCc1nc(CNc2cc([N+](=O)[O-])ccc2NCCO)no1. The number of nitrogens with one attached hydrogen (secondary N) is 2. The lowest BCUT2D eigenvalue weighted by atomic mass is 10.2. The Balaban J connectivity index is 2.14. The molecule has 0 aliphatic carbocycles. The van der Waals surface area contributed by atoms with E-state index in [0.29, 0.717) is 36.1 Å². The molecule has 3 N–H and O–H groups in total. The van der Waals surface area contributed by atoms with Crippen LogP contribution in [0.1, 0.15) is 18.6 Å². The van der Waals surface area contributed by atoms with Crippen molar-refractivity contribution in [2.75, 3.05) is 23.8 Å². The van der Waals surface area contributed by atoms with Gasteiger partial charge in [0.15, 0.2) is 5.82 Å². The van der Waals surface area contributed by atoms with Crippen LogP contribution in [0.2, 0.25) is 0 Å². The minimum absolute atomic E-state index is 0.0283. The third kappa shape index (κ3) is 3.92. The van der Waals surface area contributed by atoms with Gasteiger partial charge < -0.3 is 20.3 Å². The van der Waals surface area contributed by atoms with E-state index < -0.39 is 4.92 Å². The van der Waals surface area contributed by atoms with Crippen molar-refractivity contribution >= 4 is 17.1 Å². The third-order valence-electron chi connectivity index (χ3n) is 2.89. The molecule has 0 spiro atoms. The van der Waals surface area contributed by atoms with Crippen LogP contribution < -0.4 is 10.6 Å². The van der Waals surface area contributed by atoms with Gasteiger partial charge in [-0.1, -0.05) is 12.1 Å². The summed E-state index contributed by atoms with van der Waals surface area (Å²) in [6.07, 6.45) is 0.646. The lowest BCUT2D eigenvalue weighted by Crippen LogP contribution is -2.09. The summed E-state index contributed by atoms with van der Waals surface area (Å²) >= 11 is 0. The molecule has 9 nitrogen and oxygen atoms in total. The molecule has 2 rings (SSSR count). The molecule has 0 atom stereocenters. The number of aryl methyl sites for hydroxylation is 1. The van der Waals surface area contributed by atoms with Gasteiger partial charge in [-0.15, -0.1) is 0 Å². The predicted molar refractivity (Wildman–Crippen MR) is 79.7 cm³/mol. The van der Waals surface area contributed by atoms with Gasteiger partial charge in [0.2, 0.25) is 5.89 Å². The number of nitro benzene ring substituents is 1. The zero-order valence-corrected chi connectivity index (χ0v) is 12.1. The van der Waals surface area contributed by atoms with Crippen molar-refractivity contribution in [2.24, 2.45) is 0 Å². The van der Waals surface area contributed by atoms with Gasteiger partial charge in [0.1, 0.15) is 0 Å². The number of non-ortho nitro benzene ring substituents is 1. The lowest BCUT2D eigenvalue weighted by molar-refractivity contribution is -0.384. The van der Waals surface area contributed by atoms with Crippen LogP contribution in [0.25, 0.3) is 0 Å². The standard InChI is InChI=1S/C13H17N5O4/c1-2-13-16-12(17-22-13)8-15-11-7-9(18(20)21)3-4-10(11)14-5-6-19/h3-4,7,14-15,19H,2,5-6,8H2,1H3. The average molecular weight is 307 g/mol. The molecule has 0 saturated heterocycles. The monoisotopic (exact) mass is 307 g/mol. The maximum absolute atomic E-state index is 10.9. The molecule has 0 unspecified atom stereocenters. The van der Waals surface area contributed by atoms with Crippen molar-refractivity contribution in [3.8, 4) is 0 Å². The highest BCUT2D eigenvalue weighted by molar-refractivity contribution is 5.71. The number of aliphatic hydroxyl groups is 1. The fourth-order valence-corrected chi connectivity index (χ4v) is 1.82. The van der Waals surface area contributed by atoms with Crippen LogP contribution in [0, 0.1) is 10.1 Å². The second-order valence-corrected chi connectivity index (χ2v) is 4.45. The van der Waals surface area contributed by atoms with Crippen molar-refractivity contribution in [2.45, 2.75) is 19.9 Å². The summed E-state index contributed by atoms with van der Waals surface area (Å²) in [6, 6.07) is 4.40. The van der Waals surface area contributed by atoms with Gasteiger partial charge in [-0.3, -0.25) is 10.1 Å². The van der Waals surface area contributed by atoms with Crippen LogP contribution in [0.4, 0.5) is 17.1 Å². The quantitative estimate of drug-likeness (QED) is 0.495. The van der Waals surface area contributed by atoms with Crippen LogP contribution in [-0.4, -0.2) is 33.3 Å². The minimum atomic E-state index is -0.468. The summed E-state index contributed by atoms with van der Waals surface area (Å²) in [5, 5.41) is 29.6. The smallest absolute Gasteiger partial charge is 0.271 e. The molecule has 0 amide bonds. The molecule has 0 aliphatic heterocycles. The Morgan fingerprint density at radius 3 is 2.82 bits per heavy atom. The Labute approximate surface area is 126 Å². The Kier molecular flexibility index (Phi) is 5.26. The van der Waals surface area contributed by atoms with Crippen molar-refractivity contribution in [3.05, 3.63) is 40.0 Å². The number of aliphatic hydroxyl groups excluding tert-OH is 1. The highest BCUT2D eigenvalue weighted by Gasteiger charge is 2.12. The lowest BCUT2D eigenvalue weighted by Gasteiger charge is -2.12. The van der Waals surface area contributed by atoms with E-state index in [-0.39, 0.29) is 18.8 Å². The normalized spacial score (nSPS) is 10.5. The topological polar surface area (TPSA) is 126 Å². The van der Waals surface area contributed by atoms with E-state index in [1.54, 1.807) is 6.07 Å². The van der Waals surface area contributed by atoms with Crippen molar-refractivity contribution in [1.82, 2.24) is 10.1 Å². The molecule has 2 aromatic rings. The van der Waals surface area contributed by atoms with E-state index in [1.807, 2.05) is 6.92 Å². The Morgan fingerprint density at radius 2 is 2.18 bits per heavy atom. The highest BCUT2D eigenvalue weighted by atomic mass is 16.6. The molecule has 9 heteroatoms. The highest BCUT2D eigenvalue weighted by Crippen LogP contribution is 2.27. The van der Waals surface area contributed by atoms with Crippen molar-refractivity contribution in [3.63, 3.8) is 0 Å². The van der Waals surface area contributed by atoms with E-state index in [2.05, 4.69) is 20.8 Å². The minimum Gasteiger partial charge on any atom is -0.395 e. The summed E-state index contributed by atoms with van der Waals surface area (Å²) in [7, 11) is 0. The molecule has 22 heavy (non-hydrogen) atoms. The van der Waals surface area contributed by atoms with Gasteiger partial charge in [0, 0.05) is 25.1 Å². The first-order valence-corrected chi connectivity index (χ1v) is 6.82. The van der Waals surface area contributed by atoms with Crippen LogP contribution in [0.3, 0.4) is 0 Å². The second kappa shape index (κ2) is 7.36. The Hall–Kier alpha value is -2.68. The van der Waals surface area contributed by atoms with Crippen LogP contribution >= 0.6 is 0 Å². The molecule has 0 aliphatic rings. The number of rotatable bonds is 8. The predicted octanol–water partition coefficient (Wildman–Crippen LogP) is 1.56. The van der Waals surface area contributed by atoms with Crippen molar-refractivity contribution in [1.29, 1.82) is 0 Å². The Bertz CT molecular complexity index is 643. The summed E-state index contributed by atoms with van der Waals surface area (Å²) in [4.78, 5) is 14.6. The average Bonchev–Trinajstić information content (AvgIpc) is 2.99. The number of benzene rings is 1. The zero-order valence-electron chi connectivity index (χ0n) is 12.1. The van der Waals surface area contributed by atoms with E-state index in [1.165, 1.54) is 12.1 Å². The summed E-state index contributed by atoms with van der Waals surface area (Å²) in [5.74, 6) is 1.01. The first-order valence-electron chi connectivity index (χ1n) is 6.82. The molecule has 0 radical (unpaired) electrons. The fourth-order valence-electron chi connectivity index (χ4n) is 1.82. The van der Waals surface area contributed by atoms with Gasteiger partial charge >= 0.3 is 0 Å². The number of nitro groups is 1. The number of nitrogens with zero attached hydrogens (tertiary/aromatic N) is 3. The summed E-state index contributed by atoms with van der Waals surface area (Å²) < 4.78 is 5.00. The molecule has 1 aromatic carbocycles. The molecule has 0 bridgehead atoms. The maximum Gasteiger partial charge on any atom is 0.271 e. The van der Waals surface area contributed by atoms with E-state index in [0.717, 1.165) is 0 Å². The fraction of sp³-hybridized carbons (Fsp3) is 0.385. The first-order chi connectivity index (χ1) is 10.6. The molecular weight excluding hydrogens is 290 g/mol. The zero-order chi connectivity index (χ0) is 15.9.